The Balaban J connectivity index is 1.50. The molecule has 5 nitrogen and oxygen atoms in total. The maximum atomic E-state index is 12.9. The number of carbonyl (C=O) groups excluding carboxylic acids is 1. The number of methoxy groups -OCH3 is 1. The van der Waals surface area contributed by atoms with Crippen molar-refractivity contribution in [1.82, 2.24) is 14.8 Å². The molecule has 0 spiro atoms. The van der Waals surface area contributed by atoms with Gasteiger partial charge in [0, 0.05) is 18.3 Å². The Hall–Kier alpha value is -2.40. The highest BCUT2D eigenvalue weighted by molar-refractivity contribution is 5.79. The van der Waals surface area contributed by atoms with Crippen molar-refractivity contribution < 1.29 is 9.53 Å². The van der Waals surface area contributed by atoms with Crippen molar-refractivity contribution in [2.45, 2.75) is 38.1 Å². The third kappa shape index (κ3) is 4.20. The first-order valence-electron chi connectivity index (χ1n) is 10.4. The molecular formula is C23H29N3O2. The number of aromatic nitrogens is 1. The molecule has 1 unspecified atom stereocenters. The number of benzene rings is 1. The van der Waals surface area contributed by atoms with Crippen LogP contribution in [0.5, 0.6) is 5.75 Å². The summed E-state index contributed by atoms with van der Waals surface area (Å²) in [6.07, 6.45) is 7.65. The fraction of sp³-hybridized carbons (Fsp3) is 0.478. The van der Waals surface area contributed by atoms with E-state index in [1.807, 2.05) is 30.5 Å². The van der Waals surface area contributed by atoms with Crippen LogP contribution < -0.4 is 4.74 Å². The smallest absolute Gasteiger partial charge is 0.237 e. The Morgan fingerprint density at radius 3 is 2.68 bits per heavy atom. The average Bonchev–Trinajstić information content (AvgIpc) is 3.27. The predicted molar refractivity (Wildman–Crippen MR) is 110 cm³/mol. The van der Waals surface area contributed by atoms with Gasteiger partial charge in [-0.15, -0.1) is 0 Å². The van der Waals surface area contributed by atoms with E-state index in [1.54, 1.807) is 7.11 Å². The van der Waals surface area contributed by atoms with Gasteiger partial charge in [-0.05, 0) is 69.0 Å². The van der Waals surface area contributed by atoms with Crippen molar-refractivity contribution in [2.75, 3.05) is 33.3 Å². The molecule has 1 aromatic heterocycles. The first kappa shape index (κ1) is 18.9. The number of pyridine rings is 1. The van der Waals surface area contributed by atoms with Crippen molar-refractivity contribution in [3.8, 4) is 17.0 Å². The summed E-state index contributed by atoms with van der Waals surface area (Å²) in [5.74, 6) is 1.10. The number of ether oxygens (including phenoxy) is 1. The molecule has 5 heteroatoms. The van der Waals surface area contributed by atoms with Crippen LogP contribution in [0.4, 0.5) is 0 Å². The first-order chi connectivity index (χ1) is 13.7. The van der Waals surface area contributed by atoms with Crippen molar-refractivity contribution in [2.24, 2.45) is 0 Å². The fourth-order valence-corrected chi connectivity index (χ4v) is 4.36. The highest BCUT2D eigenvalue weighted by atomic mass is 16.5. The molecule has 0 N–H and O–H groups in total. The van der Waals surface area contributed by atoms with E-state index in [0.717, 1.165) is 61.5 Å². The van der Waals surface area contributed by atoms with E-state index in [2.05, 4.69) is 21.9 Å². The fourth-order valence-electron chi connectivity index (χ4n) is 4.36. The number of nitrogens with zero attached hydrogens (tertiary/aromatic N) is 3. The summed E-state index contributed by atoms with van der Waals surface area (Å²) in [5.41, 5.74) is 3.10. The number of likely N-dealkylation sites (tertiary alicyclic amines) is 2. The van der Waals surface area contributed by atoms with Gasteiger partial charge in [-0.25, -0.2) is 0 Å². The van der Waals surface area contributed by atoms with Gasteiger partial charge in [-0.1, -0.05) is 18.2 Å². The zero-order chi connectivity index (χ0) is 19.3. The lowest BCUT2D eigenvalue weighted by Gasteiger charge is -2.37. The van der Waals surface area contributed by atoms with Gasteiger partial charge >= 0.3 is 0 Å². The molecular weight excluding hydrogens is 350 g/mol. The lowest BCUT2D eigenvalue weighted by Crippen LogP contribution is -2.43. The van der Waals surface area contributed by atoms with E-state index in [-0.39, 0.29) is 11.9 Å². The van der Waals surface area contributed by atoms with Crippen LogP contribution in [-0.2, 0) is 4.79 Å². The molecule has 4 rings (SSSR count). The van der Waals surface area contributed by atoms with E-state index >= 15 is 0 Å². The second-order valence-corrected chi connectivity index (χ2v) is 7.79. The molecule has 2 aliphatic rings. The Labute approximate surface area is 167 Å². The normalized spacial score (nSPS) is 20.3. The molecule has 0 saturated carbocycles. The topological polar surface area (TPSA) is 45.7 Å². The summed E-state index contributed by atoms with van der Waals surface area (Å²) in [4.78, 5) is 22.0. The largest absolute Gasteiger partial charge is 0.497 e. The Bertz CT molecular complexity index is 800. The second kappa shape index (κ2) is 8.74. The van der Waals surface area contributed by atoms with Gasteiger partial charge in [0.25, 0.3) is 0 Å². The summed E-state index contributed by atoms with van der Waals surface area (Å²) in [7, 11) is 1.67. The summed E-state index contributed by atoms with van der Waals surface area (Å²) in [5, 5.41) is 0. The van der Waals surface area contributed by atoms with Crippen LogP contribution in [0.3, 0.4) is 0 Å². The van der Waals surface area contributed by atoms with Crippen LogP contribution in [0.15, 0.2) is 42.6 Å². The molecule has 148 valence electrons. The van der Waals surface area contributed by atoms with Crippen molar-refractivity contribution >= 4 is 5.91 Å². The van der Waals surface area contributed by atoms with Gasteiger partial charge in [-0.2, -0.15) is 0 Å². The lowest BCUT2D eigenvalue weighted by molar-refractivity contribution is -0.136. The number of carbonyl (C=O) groups is 1. The van der Waals surface area contributed by atoms with Gasteiger partial charge in [-0.3, -0.25) is 14.7 Å². The maximum Gasteiger partial charge on any atom is 0.237 e. The summed E-state index contributed by atoms with van der Waals surface area (Å²) < 4.78 is 5.31. The van der Waals surface area contributed by atoms with E-state index < -0.39 is 0 Å². The van der Waals surface area contributed by atoms with Crippen LogP contribution in [-0.4, -0.2) is 54.0 Å². The third-order valence-electron chi connectivity index (χ3n) is 5.92. The maximum absolute atomic E-state index is 12.9. The van der Waals surface area contributed by atoms with Gasteiger partial charge < -0.3 is 9.64 Å². The minimum atomic E-state index is 0.149. The van der Waals surface area contributed by atoms with E-state index in [1.165, 1.54) is 12.8 Å². The highest BCUT2D eigenvalue weighted by Gasteiger charge is 2.29. The Kier molecular flexibility index (Phi) is 5.91. The first-order valence-corrected chi connectivity index (χ1v) is 10.4. The average molecular weight is 380 g/mol. The predicted octanol–water partition coefficient (Wildman–Crippen LogP) is 3.91. The van der Waals surface area contributed by atoms with Gasteiger partial charge in [0.15, 0.2) is 0 Å². The molecule has 0 bridgehead atoms. The molecule has 2 saturated heterocycles. The van der Waals surface area contributed by atoms with Crippen molar-refractivity contribution in [1.29, 1.82) is 0 Å². The van der Waals surface area contributed by atoms with Crippen LogP contribution in [0, 0.1) is 0 Å². The van der Waals surface area contributed by atoms with Crippen LogP contribution in [0.1, 0.15) is 43.7 Å². The van der Waals surface area contributed by atoms with Crippen molar-refractivity contribution in [3.05, 3.63) is 48.2 Å². The molecule has 2 aromatic rings. The molecule has 2 fully saturated rings. The molecule has 1 aromatic carbocycles. The summed E-state index contributed by atoms with van der Waals surface area (Å²) in [6.45, 7) is 3.53. The molecule has 28 heavy (non-hydrogen) atoms. The Morgan fingerprint density at radius 1 is 1.11 bits per heavy atom. The van der Waals surface area contributed by atoms with Gasteiger partial charge in [0.05, 0.1) is 25.4 Å². The number of hydrogen-bond acceptors (Lipinski definition) is 4. The van der Waals surface area contributed by atoms with E-state index in [4.69, 9.17) is 9.72 Å². The van der Waals surface area contributed by atoms with Crippen LogP contribution >= 0.6 is 0 Å². The quantitative estimate of drug-likeness (QED) is 0.790. The van der Waals surface area contributed by atoms with Crippen LogP contribution in [0.25, 0.3) is 11.3 Å². The number of hydrogen-bond donors (Lipinski definition) is 0. The number of amides is 1. The van der Waals surface area contributed by atoms with E-state index in [9.17, 15) is 4.79 Å². The lowest BCUT2D eigenvalue weighted by atomic mass is 9.95. The zero-order valence-electron chi connectivity index (χ0n) is 16.6. The summed E-state index contributed by atoms with van der Waals surface area (Å²) in [6, 6.07) is 12.3. The molecule has 0 radical (unpaired) electrons. The molecule has 1 atom stereocenters. The number of rotatable bonds is 5. The van der Waals surface area contributed by atoms with E-state index in [0.29, 0.717) is 6.54 Å². The standard InChI is InChI=1S/C23H29N3O2/c1-28-20-8-6-7-18(15-20)21-11-10-19(16-24-21)22-9-2-3-14-26(22)23(27)17-25-12-4-5-13-25/h6-8,10-11,15-16,22H,2-5,9,12-14,17H2,1H3. The monoisotopic (exact) mass is 379 g/mol. The zero-order valence-corrected chi connectivity index (χ0v) is 16.6. The number of piperidine rings is 1. The third-order valence-corrected chi connectivity index (χ3v) is 5.92. The van der Waals surface area contributed by atoms with Crippen LogP contribution in [0.2, 0.25) is 0 Å². The molecule has 1 amide bonds. The molecule has 0 aliphatic carbocycles. The molecule has 3 heterocycles. The minimum absolute atomic E-state index is 0.149. The second-order valence-electron chi connectivity index (χ2n) is 7.79. The minimum Gasteiger partial charge on any atom is -0.497 e. The Morgan fingerprint density at radius 2 is 1.93 bits per heavy atom. The highest BCUT2D eigenvalue weighted by Crippen LogP contribution is 2.32. The van der Waals surface area contributed by atoms with Gasteiger partial charge in [0.1, 0.15) is 5.75 Å². The molecule has 2 aliphatic heterocycles. The SMILES string of the molecule is COc1cccc(-c2ccc(C3CCCCN3C(=O)CN3CCCC3)cn2)c1. The van der Waals surface area contributed by atoms with Gasteiger partial charge in [0.2, 0.25) is 5.91 Å². The summed E-state index contributed by atoms with van der Waals surface area (Å²) >= 11 is 0. The van der Waals surface area contributed by atoms with Crippen molar-refractivity contribution in [3.63, 3.8) is 0 Å².